The van der Waals surface area contributed by atoms with Gasteiger partial charge in [0.1, 0.15) is 5.70 Å². The third kappa shape index (κ3) is 5.32. The molecule has 0 bridgehead atoms. The zero-order valence-corrected chi connectivity index (χ0v) is 18.0. The van der Waals surface area contributed by atoms with Gasteiger partial charge in [-0.1, -0.05) is 6.08 Å². The Balaban J connectivity index is 1.84. The predicted octanol–water partition coefficient (Wildman–Crippen LogP) is 3.04. The second-order valence-corrected chi connectivity index (χ2v) is 7.49. The molecule has 0 N–H and O–H groups in total. The molecule has 1 aromatic carbocycles. The van der Waals surface area contributed by atoms with Gasteiger partial charge in [0.15, 0.2) is 11.6 Å². The quantitative estimate of drug-likeness (QED) is 0.643. The average Bonchev–Trinajstić information content (AvgIpc) is 3.01. The molecule has 0 aliphatic carbocycles. The fourth-order valence-corrected chi connectivity index (χ4v) is 3.56. The lowest BCUT2D eigenvalue weighted by atomic mass is 9.98. The minimum Gasteiger partial charge on any atom is -0.490 e. The number of methoxy groups -OCH3 is 2. The van der Waals surface area contributed by atoms with Gasteiger partial charge in [-0.05, 0) is 63.2 Å². The highest BCUT2D eigenvalue weighted by Gasteiger charge is 2.28. The summed E-state index contributed by atoms with van der Waals surface area (Å²) in [5, 5.41) is 0. The lowest BCUT2D eigenvalue weighted by Crippen LogP contribution is -2.32. The van der Waals surface area contributed by atoms with E-state index < -0.39 is 17.8 Å². The first kappa shape index (κ1) is 22.6. The second-order valence-electron chi connectivity index (χ2n) is 7.49. The number of hydrogen-bond donors (Lipinski definition) is 0. The van der Waals surface area contributed by atoms with Crippen LogP contribution in [0.25, 0.3) is 0 Å². The largest absolute Gasteiger partial charge is 0.490 e. The van der Waals surface area contributed by atoms with Crippen LogP contribution in [-0.2, 0) is 19.1 Å². The van der Waals surface area contributed by atoms with Crippen LogP contribution in [0.5, 0.6) is 5.75 Å². The zero-order valence-electron chi connectivity index (χ0n) is 18.0. The first-order chi connectivity index (χ1) is 14.9. The van der Waals surface area contributed by atoms with Gasteiger partial charge in [0.05, 0.1) is 26.4 Å². The van der Waals surface area contributed by atoms with Crippen LogP contribution >= 0.6 is 0 Å². The van der Waals surface area contributed by atoms with Gasteiger partial charge in [0.2, 0.25) is 0 Å². The van der Waals surface area contributed by atoms with Gasteiger partial charge in [-0.3, -0.25) is 0 Å². The molecule has 2 aliphatic heterocycles. The number of carbonyl (C=O) groups excluding carboxylic acids is 2. The monoisotopic (exact) mass is 430 g/mol. The molecular formula is C23H27FN2O5. The van der Waals surface area contributed by atoms with E-state index in [1.807, 2.05) is 0 Å². The van der Waals surface area contributed by atoms with Gasteiger partial charge in [-0.25, -0.2) is 14.0 Å². The van der Waals surface area contributed by atoms with Gasteiger partial charge in [-0.2, -0.15) is 0 Å². The third-order valence-corrected chi connectivity index (χ3v) is 5.40. The summed E-state index contributed by atoms with van der Waals surface area (Å²) >= 11 is 0. The van der Waals surface area contributed by atoms with Crippen LogP contribution in [0, 0.1) is 11.7 Å². The summed E-state index contributed by atoms with van der Waals surface area (Å²) in [6.07, 6.45) is 8.25. The second kappa shape index (κ2) is 10.3. The number of nitrogens with zero attached hydrogens (tertiary/aromatic N) is 2. The van der Waals surface area contributed by atoms with Crippen molar-refractivity contribution in [1.82, 2.24) is 4.90 Å². The minimum atomic E-state index is -0.750. The van der Waals surface area contributed by atoms with Crippen molar-refractivity contribution in [2.24, 2.45) is 5.92 Å². The first-order valence-electron chi connectivity index (χ1n) is 10.1. The Morgan fingerprint density at radius 1 is 1.10 bits per heavy atom. The van der Waals surface area contributed by atoms with Crippen molar-refractivity contribution >= 4 is 17.6 Å². The molecular weight excluding hydrogens is 403 g/mol. The summed E-state index contributed by atoms with van der Waals surface area (Å²) in [6, 6.07) is 4.41. The molecule has 3 rings (SSSR count). The van der Waals surface area contributed by atoms with E-state index in [0.717, 1.165) is 25.9 Å². The Kier molecular flexibility index (Phi) is 7.46. The molecule has 8 heteroatoms. The Labute approximate surface area is 181 Å². The van der Waals surface area contributed by atoms with Crippen molar-refractivity contribution in [1.29, 1.82) is 0 Å². The van der Waals surface area contributed by atoms with E-state index in [9.17, 15) is 14.0 Å². The van der Waals surface area contributed by atoms with Gasteiger partial charge >= 0.3 is 11.9 Å². The Hall–Kier alpha value is -3.13. The van der Waals surface area contributed by atoms with Crippen LogP contribution < -0.4 is 9.64 Å². The molecule has 0 atom stereocenters. The number of carbonyl (C=O) groups is 2. The number of benzene rings is 1. The molecule has 1 fully saturated rings. The maximum atomic E-state index is 14.8. The lowest BCUT2D eigenvalue weighted by Gasteiger charge is -2.28. The molecule has 0 unspecified atom stereocenters. The van der Waals surface area contributed by atoms with Crippen molar-refractivity contribution in [3.8, 4) is 5.75 Å². The van der Waals surface area contributed by atoms with Crippen LogP contribution in [0.15, 0.2) is 53.9 Å². The molecule has 0 amide bonds. The Bertz CT molecular complexity index is 917. The molecule has 0 saturated carbocycles. The van der Waals surface area contributed by atoms with Crippen molar-refractivity contribution in [2.75, 3.05) is 45.9 Å². The van der Waals surface area contributed by atoms with E-state index in [4.69, 9.17) is 14.2 Å². The van der Waals surface area contributed by atoms with Crippen LogP contribution in [0.4, 0.5) is 10.1 Å². The molecule has 31 heavy (non-hydrogen) atoms. The standard InChI is InChI=1S/C23H27FN2O5/c1-25-12-9-16(10-13-25)15-31-20-8-7-17(14-19(20)24)26-11-5-4-6-18(22(27)29-2)21(26)23(28)30-3/h4-8,11,14,16H,9-10,12-13,15H2,1-3H3. The normalized spacial score (nSPS) is 17.5. The van der Waals surface area contributed by atoms with Crippen molar-refractivity contribution in [2.45, 2.75) is 12.8 Å². The highest BCUT2D eigenvalue weighted by molar-refractivity contribution is 6.05. The van der Waals surface area contributed by atoms with E-state index in [1.165, 1.54) is 37.3 Å². The summed E-state index contributed by atoms with van der Waals surface area (Å²) in [6.45, 7) is 2.48. The fourth-order valence-electron chi connectivity index (χ4n) is 3.56. The van der Waals surface area contributed by atoms with Crippen molar-refractivity contribution < 1.29 is 28.2 Å². The highest BCUT2D eigenvalue weighted by Crippen LogP contribution is 2.30. The van der Waals surface area contributed by atoms with Gasteiger partial charge in [-0.15, -0.1) is 0 Å². The zero-order chi connectivity index (χ0) is 22.4. The molecule has 0 radical (unpaired) electrons. The maximum Gasteiger partial charge on any atom is 0.355 e. The summed E-state index contributed by atoms with van der Waals surface area (Å²) < 4.78 is 30.2. The smallest absolute Gasteiger partial charge is 0.355 e. The number of esters is 2. The minimum absolute atomic E-state index is 0.00218. The molecule has 1 aromatic rings. The maximum absolute atomic E-state index is 14.8. The highest BCUT2D eigenvalue weighted by atomic mass is 19.1. The van der Waals surface area contributed by atoms with Crippen LogP contribution in [0.1, 0.15) is 12.8 Å². The van der Waals surface area contributed by atoms with Crippen molar-refractivity contribution in [3.05, 3.63) is 59.7 Å². The van der Waals surface area contributed by atoms with E-state index in [-0.39, 0.29) is 17.0 Å². The summed E-state index contributed by atoms with van der Waals surface area (Å²) in [5.74, 6) is -1.47. The number of anilines is 1. The topological polar surface area (TPSA) is 68.3 Å². The lowest BCUT2D eigenvalue weighted by molar-refractivity contribution is -0.139. The number of ether oxygens (including phenoxy) is 3. The van der Waals surface area contributed by atoms with Gasteiger partial charge < -0.3 is 24.0 Å². The molecule has 0 spiro atoms. The van der Waals surface area contributed by atoms with Crippen LogP contribution in [0.3, 0.4) is 0 Å². The number of allylic oxidation sites excluding steroid dienone is 2. The summed E-state index contributed by atoms with van der Waals surface area (Å²) in [4.78, 5) is 28.3. The number of likely N-dealkylation sites (tertiary alicyclic amines) is 1. The molecule has 0 aromatic heterocycles. The van der Waals surface area contributed by atoms with Crippen LogP contribution in [-0.4, -0.2) is 57.8 Å². The molecule has 166 valence electrons. The molecule has 1 saturated heterocycles. The van der Waals surface area contributed by atoms with Crippen molar-refractivity contribution in [3.63, 3.8) is 0 Å². The number of hydrogen-bond acceptors (Lipinski definition) is 7. The fraction of sp³-hybridized carbons (Fsp3) is 0.391. The van der Waals surface area contributed by atoms with E-state index in [0.29, 0.717) is 18.2 Å². The Morgan fingerprint density at radius 2 is 1.81 bits per heavy atom. The number of piperidine rings is 1. The third-order valence-electron chi connectivity index (χ3n) is 5.40. The van der Waals surface area contributed by atoms with Gasteiger partial charge in [0.25, 0.3) is 0 Å². The summed E-state index contributed by atoms with van der Waals surface area (Å²) in [7, 11) is 4.52. The van der Waals surface area contributed by atoms with E-state index in [2.05, 4.69) is 11.9 Å². The SMILES string of the molecule is COC(=O)C1=C(C(=O)OC)N(c2ccc(OCC3CCN(C)CC3)c(F)c2)C=CC=C1. The molecule has 2 heterocycles. The van der Waals surface area contributed by atoms with E-state index in [1.54, 1.807) is 24.4 Å². The summed E-state index contributed by atoms with van der Waals surface area (Å²) in [5.41, 5.74) is 0.270. The number of halogens is 1. The first-order valence-corrected chi connectivity index (χ1v) is 10.1. The van der Waals surface area contributed by atoms with Gasteiger partial charge in [0, 0.05) is 18.0 Å². The van der Waals surface area contributed by atoms with Crippen LogP contribution in [0.2, 0.25) is 0 Å². The average molecular weight is 430 g/mol. The number of rotatable bonds is 6. The predicted molar refractivity (Wildman–Crippen MR) is 114 cm³/mol. The van der Waals surface area contributed by atoms with E-state index >= 15 is 0 Å². The molecule has 2 aliphatic rings. The Morgan fingerprint density at radius 3 is 2.45 bits per heavy atom. The molecule has 7 nitrogen and oxygen atoms in total.